The summed E-state index contributed by atoms with van der Waals surface area (Å²) in [7, 11) is 0. The smallest absolute Gasteiger partial charge is 0.326 e. The van der Waals surface area contributed by atoms with E-state index in [0.29, 0.717) is 11.3 Å². The summed E-state index contributed by atoms with van der Waals surface area (Å²) < 4.78 is 0. The van der Waals surface area contributed by atoms with Gasteiger partial charge in [-0.2, -0.15) is 0 Å². The zero-order chi connectivity index (χ0) is 18.1. The third-order valence-electron chi connectivity index (χ3n) is 3.72. The molecule has 0 aliphatic carbocycles. The van der Waals surface area contributed by atoms with Gasteiger partial charge in [0.2, 0.25) is 0 Å². The van der Waals surface area contributed by atoms with Gasteiger partial charge in [-0.1, -0.05) is 38.1 Å². The topological polar surface area (TPSA) is 61.4 Å². The number of anilines is 2. The Morgan fingerprint density at radius 1 is 0.920 bits per heavy atom. The molecule has 132 valence electrons. The SMILES string of the molecule is CCCN(CCC)c1cccc(NC(=O)NC(=O)c2ccccc2)c1. The number of amides is 3. The number of carbonyl (C=O) groups is 2. The first-order chi connectivity index (χ1) is 12.1. The molecule has 0 heterocycles. The summed E-state index contributed by atoms with van der Waals surface area (Å²) in [5, 5.41) is 5.07. The molecule has 0 fully saturated rings. The molecule has 0 radical (unpaired) electrons. The summed E-state index contributed by atoms with van der Waals surface area (Å²) in [6, 6.07) is 15.8. The average molecular weight is 339 g/mol. The van der Waals surface area contributed by atoms with Crippen LogP contribution in [0, 0.1) is 0 Å². The third kappa shape index (κ3) is 5.64. The number of benzene rings is 2. The minimum Gasteiger partial charge on any atom is -0.371 e. The van der Waals surface area contributed by atoms with Crippen LogP contribution < -0.4 is 15.5 Å². The minimum absolute atomic E-state index is 0.423. The van der Waals surface area contributed by atoms with E-state index in [4.69, 9.17) is 0 Å². The number of hydrogen-bond acceptors (Lipinski definition) is 3. The van der Waals surface area contributed by atoms with Crippen LogP contribution in [-0.2, 0) is 0 Å². The second kappa shape index (κ2) is 9.47. The van der Waals surface area contributed by atoms with Gasteiger partial charge < -0.3 is 10.2 Å². The maximum Gasteiger partial charge on any atom is 0.326 e. The summed E-state index contributed by atoms with van der Waals surface area (Å²) in [6.45, 7) is 6.23. The number of hydrogen-bond donors (Lipinski definition) is 2. The fraction of sp³-hybridized carbons (Fsp3) is 0.300. The molecule has 0 saturated carbocycles. The van der Waals surface area contributed by atoms with E-state index in [2.05, 4.69) is 29.4 Å². The van der Waals surface area contributed by atoms with Crippen LogP contribution in [0.15, 0.2) is 54.6 Å². The van der Waals surface area contributed by atoms with Crippen LogP contribution in [0.5, 0.6) is 0 Å². The normalized spacial score (nSPS) is 10.2. The Kier molecular flexibility index (Phi) is 7.01. The average Bonchev–Trinajstić information content (AvgIpc) is 2.62. The summed E-state index contributed by atoms with van der Waals surface area (Å²) in [5.41, 5.74) is 2.17. The Hall–Kier alpha value is -2.82. The Morgan fingerprint density at radius 3 is 2.24 bits per heavy atom. The summed E-state index contributed by atoms with van der Waals surface area (Å²) in [4.78, 5) is 26.4. The molecule has 2 rings (SSSR count). The summed E-state index contributed by atoms with van der Waals surface area (Å²) >= 11 is 0. The molecule has 0 bridgehead atoms. The molecule has 0 unspecified atom stereocenters. The predicted octanol–water partition coefficient (Wildman–Crippen LogP) is 4.27. The van der Waals surface area contributed by atoms with Crippen molar-refractivity contribution in [3.05, 3.63) is 60.2 Å². The van der Waals surface area contributed by atoms with E-state index in [1.54, 1.807) is 24.3 Å². The Labute approximate surface area is 149 Å². The molecule has 5 nitrogen and oxygen atoms in total. The molecule has 0 aromatic heterocycles. The fourth-order valence-corrected chi connectivity index (χ4v) is 2.62. The van der Waals surface area contributed by atoms with Crippen molar-refractivity contribution in [1.29, 1.82) is 0 Å². The molecular weight excluding hydrogens is 314 g/mol. The van der Waals surface area contributed by atoms with Gasteiger partial charge in [-0.05, 0) is 43.2 Å². The van der Waals surface area contributed by atoms with Crippen molar-refractivity contribution in [3.8, 4) is 0 Å². The quantitative estimate of drug-likeness (QED) is 0.792. The van der Waals surface area contributed by atoms with Crippen molar-refractivity contribution in [2.24, 2.45) is 0 Å². The van der Waals surface area contributed by atoms with E-state index in [1.165, 1.54) is 0 Å². The van der Waals surface area contributed by atoms with Crippen LogP contribution in [0.4, 0.5) is 16.2 Å². The number of rotatable bonds is 7. The third-order valence-corrected chi connectivity index (χ3v) is 3.72. The standard InChI is InChI=1S/C20H25N3O2/c1-3-13-23(14-4-2)18-12-8-11-17(15-18)21-20(25)22-19(24)16-9-6-5-7-10-16/h5-12,15H,3-4,13-14H2,1-2H3,(H2,21,22,24,25). The number of nitrogens with one attached hydrogen (secondary N) is 2. The van der Waals surface area contributed by atoms with E-state index >= 15 is 0 Å². The molecule has 25 heavy (non-hydrogen) atoms. The molecular formula is C20H25N3O2. The Morgan fingerprint density at radius 2 is 1.60 bits per heavy atom. The molecule has 0 atom stereocenters. The van der Waals surface area contributed by atoms with Crippen molar-refractivity contribution in [2.75, 3.05) is 23.3 Å². The zero-order valence-electron chi connectivity index (χ0n) is 14.8. The second-order valence-electron chi connectivity index (χ2n) is 5.81. The first-order valence-corrected chi connectivity index (χ1v) is 8.66. The fourth-order valence-electron chi connectivity index (χ4n) is 2.62. The lowest BCUT2D eigenvalue weighted by Gasteiger charge is -2.24. The van der Waals surface area contributed by atoms with E-state index in [1.807, 2.05) is 30.3 Å². The van der Waals surface area contributed by atoms with Gasteiger partial charge in [0.15, 0.2) is 0 Å². The molecule has 3 amide bonds. The molecule has 2 N–H and O–H groups in total. The van der Waals surface area contributed by atoms with E-state index in [0.717, 1.165) is 31.6 Å². The van der Waals surface area contributed by atoms with Crippen LogP contribution in [0.1, 0.15) is 37.0 Å². The van der Waals surface area contributed by atoms with Gasteiger partial charge in [0.05, 0.1) is 0 Å². The van der Waals surface area contributed by atoms with Crippen molar-refractivity contribution < 1.29 is 9.59 Å². The van der Waals surface area contributed by atoms with E-state index < -0.39 is 11.9 Å². The van der Waals surface area contributed by atoms with Crippen molar-refractivity contribution in [1.82, 2.24) is 5.32 Å². The number of imide groups is 1. The van der Waals surface area contributed by atoms with Crippen LogP contribution in [0.2, 0.25) is 0 Å². The predicted molar refractivity (Wildman–Crippen MR) is 102 cm³/mol. The highest BCUT2D eigenvalue weighted by molar-refractivity contribution is 6.08. The number of urea groups is 1. The highest BCUT2D eigenvalue weighted by Crippen LogP contribution is 2.20. The molecule has 0 saturated heterocycles. The van der Waals surface area contributed by atoms with E-state index in [-0.39, 0.29) is 0 Å². The van der Waals surface area contributed by atoms with Gasteiger partial charge >= 0.3 is 6.03 Å². The van der Waals surface area contributed by atoms with Gasteiger partial charge in [-0.25, -0.2) is 4.79 Å². The number of nitrogens with zero attached hydrogens (tertiary/aromatic N) is 1. The van der Waals surface area contributed by atoms with Crippen molar-refractivity contribution in [3.63, 3.8) is 0 Å². The zero-order valence-corrected chi connectivity index (χ0v) is 14.8. The first kappa shape index (κ1) is 18.5. The lowest BCUT2D eigenvalue weighted by atomic mass is 10.2. The first-order valence-electron chi connectivity index (χ1n) is 8.66. The highest BCUT2D eigenvalue weighted by Gasteiger charge is 2.11. The highest BCUT2D eigenvalue weighted by atomic mass is 16.2. The maximum atomic E-state index is 12.1. The van der Waals surface area contributed by atoms with Crippen LogP contribution in [0.25, 0.3) is 0 Å². The molecule has 0 spiro atoms. The maximum absolute atomic E-state index is 12.1. The second-order valence-corrected chi connectivity index (χ2v) is 5.81. The van der Waals surface area contributed by atoms with Crippen LogP contribution in [-0.4, -0.2) is 25.0 Å². The van der Waals surface area contributed by atoms with Gasteiger partial charge in [0.25, 0.3) is 5.91 Å². The van der Waals surface area contributed by atoms with Crippen LogP contribution >= 0.6 is 0 Å². The number of carbonyl (C=O) groups excluding carboxylic acids is 2. The molecule has 5 heteroatoms. The van der Waals surface area contributed by atoms with Gasteiger partial charge in [-0.15, -0.1) is 0 Å². The van der Waals surface area contributed by atoms with Crippen molar-refractivity contribution in [2.45, 2.75) is 26.7 Å². The van der Waals surface area contributed by atoms with Crippen molar-refractivity contribution >= 4 is 23.3 Å². The van der Waals surface area contributed by atoms with Gasteiger partial charge in [0, 0.05) is 30.0 Å². The summed E-state index contributed by atoms with van der Waals surface area (Å²) in [5.74, 6) is -0.423. The summed E-state index contributed by atoms with van der Waals surface area (Å²) in [6.07, 6.45) is 2.12. The lowest BCUT2D eigenvalue weighted by Crippen LogP contribution is -2.34. The van der Waals surface area contributed by atoms with Crippen LogP contribution in [0.3, 0.4) is 0 Å². The minimum atomic E-state index is -0.538. The Balaban J connectivity index is 2.01. The van der Waals surface area contributed by atoms with E-state index in [9.17, 15) is 9.59 Å². The molecule has 2 aromatic carbocycles. The Bertz CT molecular complexity index is 695. The molecule has 2 aromatic rings. The molecule has 0 aliphatic rings. The molecule has 0 aliphatic heterocycles. The van der Waals surface area contributed by atoms with Gasteiger partial charge in [0.1, 0.15) is 0 Å². The lowest BCUT2D eigenvalue weighted by molar-refractivity contribution is 0.0967. The van der Waals surface area contributed by atoms with Gasteiger partial charge in [-0.3, -0.25) is 10.1 Å². The monoisotopic (exact) mass is 339 g/mol. The largest absolute Gasteiger partial charge is 0.371 e.